The molecule has 132 valence electrons. The fraction of sp³-hybridized carbons (Fsp3) is 0.409. The molecular formula is C22H28N2O. The number of aryl methyl sites for hydroxylation is 1. The van der Waals surface area contributed by atoms with Crippen molar-refractivity contribution >= 4 is 5.91 Å². The average molecular weight is 336 g/mol. The van der Waals surface area contributed by atoms with Gasteiger partial charge in [0.15, 0.2) is 0 Å². The Hall–Kier alpha value is -2.13. The molecule has 0 bridgehead atoms. The Kier molecular flexibility index (Phi) is 6.24. The van der Waals surface area contributed by atoms with Crippen molar-refractivity contribution in [2.45, 2.75) is 38.6 Å². The molecule has 3 nitrogen and oxygen atoms in total. The summed E-state index contributed by atoms with van der Waals surface area (Å²) in [7, 11) is 0. The molecular weight excluding hydrogens is 308 g/mol. The summed E-state index contributed by atoms with van der Waals surface area (Å²) in [5.41, 5.74) is 3.73. The third-order valence-electron chi connectivity index (χ3n) is 4.94. The van der Waals surface area contributed by atoms with Gasteiger partial charge in [0.2, 0.25) is 5.91 Å². The number of hydrogen-bond donors (Lipinski definition) is 1. The summed E-state index contributed by atoms with van der Waals surface area (Å²) in [6.45, 7) is 4.66. The Morgan fingerprint density at radius 1 is 0.960 bits per heavy atom. The first kappa shape index (κ1) is 17.7. The number of nitrogens with zero attached hydrogens (tertiary/aromatic N) is 1. The standard InChI is InChI=1S/C22H28N2O/c1-18-10-12-20(13-11-18)22(19-8-4-2-5-9-19)23-15-14-21(25)24-16-6-3-7-17-24/h2,4-5,8-13,22-23H,3,6-7,14-17H2,1H3. The van der Waals surface area contributed by atoms with Gasteiger partial charge in [0.25, 0.3) is 0 Å². The molecule has 0 saturated carbocycles. The van der Waals surface area contributed by atoms with Crippen LogP contribution in [0.5, 0.6) is 0 Å². The topological polar surface area (TPSA) is 32.3 Å². The van der Waals surface area contributed by atoms with Crippen LogP contribution in [-0.4, -0.2) is 30.4 Å². The smallest absolute Gasteiger partial charge is 0.223 e. The first-order valence-electron chi connectivity index (χ1n) is 9.37. The molecule has 3 rings (SSSR count). The second-order valence-corrected chi connectivity index (χ2v) is 6.90. The molecule has 1 fully saturated rings. The van der Waals surface area contributed by atoms with Gasteiger partial charge in [-0.3, -0.25) is 4.79 Å². The lowest BCUT2D eigenvalue weighted by Gasteiger charge is -2.27. The van der Waals surface area contributed by atoms with Gasteiger partial charge in [-0.15, -0.1) is 0 Å². The molecule has 1 N–H and O–H groups in total. The molecule has 2 aromatic rings. The number of carbonyl (C=O) groups is 1. The zero-order chi connectivity index (χ0) is 17.5. The Bertz CT molecular complexity index is 660. The van der Waals surface area contributed by atoms with Crippen LogP contribution < -0.4 is 5.32 Å². The van der Waals surface area contributed by atoms with Gasteiger partial charge in [-0.25, -0.2) is 0 Å². The van der Waals surface area contributed by atoms with E-state index in [1.54, 1.807) is 0 Å². The molecule has 1 heterocycles. The number of nitrogens with one attached hydrogen (secondary N) is 1. The van der Waals surface area contributed by atoms with Gasteiger partial charge in [0.05, 0.1) is 6.04 Å². The third kappa shape index (κ3) is 4.93. The molecule has 2 aromatic carbocycles. The third-order valence-corrected chi connectivity index (χ3v) is 4.94. The van der Waals surface area contributed by atoms with Crippen LogP contribution in [0.25, 0.3) is 0 Å². The van der Waals surface area contributed by atoms with E-state index in [0.29, 0.717) is 13.0 Å². The fourth-order valence-corrected chi connectivity index (χ4v) is 3.46. The summed E-state index contributed by atoms with van der Waals surface area (Å²) in [5.74, 6) is 0.280. The number of rotatable bonds is 6. The van der Waals surface area contributed by atoms with E-state index >= 15 is 0 Å². The number of hydrogen-bond acceptors (Lipinski definition) is 2. The normalized spacial score (nSPS) is 15.8. The molecule has 25 heavy (non-hydrogen) atoms. The van der Waals surface area contributed by atoms with Crippen molar-refractivity contribution in [3.05, 3.63) is 71.3 Å². The van der Waals surface area contributed by atoms with E-state index in [9.17, 15) is 4.79 Å². The van der Waals surface area contributed by atoms with Crippen LogP contribution in [0.15, 0.2) is 54.6 Å². The Balaban J connectivity index is 1.64. The lowest BCUT2D eigenvalue weighted by atomic mass is 9.97. The van der Waals surface area contributed by atoms with Crippen molar-refractivity contribution in [2.24, 2.45) is 0 Å². The molecule has 1 aliphatic rings. The lowest BCUT2D eigenvalue weighted by Crippen LogP contribution is -2.37. The number of carbonyl (C=O) groups excluding carboxylic acids is 1. The average Bonchev–Trinajstić information content (AvgIpc) is 2.67. The molecule has 0 radical (unpaired) electrons. The second kappa shape index (κ2) is 8.82. The lowest BCUT2D eigenvalue weighted by molar-refractivity contribution is -0.131. The van der Waals surface area contributed by atoms with Gasteiger partial charge in [-0.1, -0.05) is 60.2 Å². The number of benzene rings is 2. The van der Waals surface area contributed by atoms with Crippen molar-refractivity contribution in [2.75, 3.05) is 19.6 Å². The number of amides is 1. The maximum absolute atomic E-state index is 12.4. The van der Waals surface area contributed by atoms with E-state index in [0.717, 1.165) is 25.9 Å². The first-order chi connectivity index (χ1) is 12.2. The van der Waals surface area contributed by atoms with Gasteiger partial charge >= 0.3 is 0 Å². The molecule has 1 aliphatic heterocycles. The number of piperidine rings is 1. The molecule has 3 heteroatoms. The van der Waals surface area contributed by atoms with E-state index in [4.69, 9.17) is 0 Å². The SMILES string of the molecule is Cc1ccc(C(NCCC(=O)N2CCCCC2)c2ccccc2)cc1. The highest BCUT2D eigenvalue weighted by molar-refractivity contribution is 5.76. The Labute approximate surface area is 151 Å². The molecule has 1 amide bonds. The van der Waals surface area contributed by atoms with Crippen LogP contribution >= 0.6 is 0 Å². The molecule has 0 aliphatic carbocycles. The van der Waals surface area contributed by atoms with E-state index in [-0.39, 0.29) is 11.9 Å². The van der Waals surface area contributed by atoms with Gasteiger partial charge in [0.1, 0.15) is 0 Å². The minimum Gasteiger partial charge on any atom is -0.343 e. The van der Waals surface area contributed by atoms with Crippen LogP contribution in [0.1, 0.15) is 48.4 Å². The van der Waals surface area contributed by atoms with E-state index in [1.807, 2.05) is 11.0 Å². The van der Waals surface area contributed by atoms with Crippen molar-refractivity contribution in [1.82, 2.24) is 10.2 Å². The van der Waals surface area contributed by atoms with Crippen LogP contribution in [0.2, 0.25) is 0 Å². The quantitative estimate of drug-likeness (QED) is 0.862. The largest absolute Gasteiger partial charge is 0.343 e. The van der Waals surface area contributed by atoms with E-state index < -0.39 is 0 Å². The fourth-order valence-electron chi connectivity index (χ4n) is 3.46. The van der Waals surface area contributed by atoms with Gasteiger partial charge in [0, 0.05) is 26.1 Å². The predicted octanol–water partition coefficient (Wildman–Crippen LogP) is 4.08. The van der Waals surface area contributed by atoms with Gasteiger partial charge in [-0.2, -0.15) is 0 Å². The minimum absolute atomic E-state index is 0.121. The van der Waals surface area contributed by atoms with Crippen LogP contribution in [-0.2, 0) is 4.79 Å². The van der Waals surface area contributed by atoms with Gasteiger partial charge < -0.3 is 10.2 Å². The Morgan fingerprint density at radius 2 is 1.60 bits per heavy atom. The van der Waals surface area contributed by atoms with Crippen molar-refractivity contribution in [1.29, 1.82) is 0 Å². The second-order valence-electron chi connectivity index (χ2n) is 6.90. The zero-order valence-corrected chi connectivity index (χ0v) is 15.1. The van der Waals surface area contributed by atoms with Gasteiger partial charge in [-0.05, 0) is 37.3 Å². The predicted molar refractivity (Wildman–Crippen MR) is 103 cm³/mol. The maximum atomic E-state index is 12.4. The summed E-state index contributed by atoms with van der Waals surface area (Å²) in [4.78, 5) is 14.4. The van der Waals surface area contributed by atoms with Crippen LogP contribution in [0, 0.1) is 6.92 Å². The van der Waals surface area contributed by atoms with E-state index in [1.165, 1.54) is 23.1 Å². The molecule has 0 spiro atoms. The Morgan fingerprint density at radius 3 is 2.28 bits per heavy atom. The van der Waals surface area contributed by atoms with Crippen LogP contribution in [0.4, 0.5) is 0 Å². The molecule has 1 unspecified atom stereocenters. The highest BCUT2D eigenvalue weighted by Gasteiger charge is 2.18. The first-order valence-corrected chi connectivity index (χ1v) is 9.37. The van der Waals surface area contributed by atoms with Crippen molar-refractivity contribution in [3.63, 3.8) is 0 Å². The summed E-state index contributed by atoms with van der Waals surface area (Å²) in [5, 5.41) is 3.59. The molecule has 1 saturated heterocycles. The highest BCUT2D eigenvalue weighted by atomic mass is 16.2. The maximum Gasteiger partial charge on any atom is 0.223 e. The van der Waals surface area contributed by atoms with E-state index in [2.05, 4.69) is 60.8 Å². The zero-order valence-electron chi connectivity index (χ0n) is 15.1. The van der Waals surface area contributed by atoms with Crippen molar-refractivity contribution in [3.8, 4) is 0 Å². The molecule has 0 aromatic heterocycles. The molecule has 1 atom stereocenters. The van der Waals surface area contributed by atoms with Crippen LogP contribution in [0.3, 0.4) is 0 Å². The minimum atomic E-state index is 0.121. The summed E-state index contributed by atoms with van der Waals surface area (Å²) in [6, 6.07) is 19.2. The highest BCUT2D eigenvalue weighted by Crippen LogP contribution is 2.22. The van der Waals surface area contributed by atoms with Crippen molar-refractivity contribution < 1.29 is 4.79 Å². The monoisotopic (exact) mass is 336 g/mol. The summed E-state index contributed by atoms with van der Waals surface area (Å²) in [6.07, 6.45) is 4.12. The number of likely N-dealkylation sites (tertiary alicyclic amines) is 1. The summed E-state index contributed by atoms with van der Waals surface area (Å²) < 4.78 is 0. The summed E-state index contributed by atoms with van der Waals surface area (Å²) >= 11 is 0.